The molecule has 19 heavy (non-hydrogen) atoms. The van der Waals surface area contributed by atoms with Crippen LogP contribution in [0.3, 0.4) is 0 Å². The van der Waals surface area contributed by atoms with Gasteiger partial charge in [-0.15, -0.1) is 0 Å². The monoisotopic (exact) mass is 278 g/mol. The Morgan fingerprint density at radius 2 is 1.68 bits per heavy atom. The summed E-state index contributed by atoms with van der Waals surface area (Å²) in [6.45, 7) is 2.24. The Balaban J connectivity index is 1.74. The summed E-state index contributed by atoms with van der Waals surface area (Å²) >= 11 is 0. The van der Waals surface area contributed by atoms with Crippen molar-refractivity contribution in [1.82, 2.24) is 0 Å². The second kappa shape index (κ2) is 6.35. The van der Waals surface area contributed by atoms with Crippen molar-refractivity contribution >= 4 is 13.7 Å². The highest BCUT2D eigenvalue weighted by atomic mass is 31.2. The van der Waals surface area contributed by atoms with E-state index in [1.165, 1.54) is 49.4 Å². The van der Waals surface area contributed by atoms with Gasteiger partial charge in [-0.3, -0.25) is 0 Å². The number of unbranched alkanes of at least 4 members (excludes halogenated alkanes) is 1. The zero-order valence-electron chi connectivity index (χ0n) is 11.7. The van der Waals surface area contributed by atoms with Crippen molar-refractivity contribution in [3.05, 3.63) is 29.8 Å². The van der Waals surface area contributed by atoms with E-state index in [0.717, 1.165) is 6.42 Å². The minimum atomic E-state index is -0.847. The average molecular weight is 278 g/mol. The molecule has 0 spiro atoms. The number of hydrogen-bond donors (Lipinski definition) is 0. The van der Waals surface area contributed by atoms with E-state index in [2.05, 4.69) is 31.2 Å². The van der Waals surface area contributed by atoms with Gasteiger partial charge < -0.3 is 9.05 Å². The molecule has 0 N–H and O–H groups in total. The Kier molecular flexibility index (Phi) is 4.53. The lowest BCUT2D eigenvalue weighted by atomic mass is 10.1. The summed E-state index contributed by atoms with van der Waals surface area (Å²) in [5, 5.41) is 1.32. The van der Waals surface area contributed by atoms with E-state index in [1.807, 2.05) is 0 Å². The minimum Gasteiger partial charge on any atom is -0.327 e. The molecule has 2 nitrogen and oxygen atoms in total. The number of hydrogen-bond acceptors (Lipinski definition) is 2. The van der Waals surface area contributed by atoms with Crippen molar-refractivity contribution < 1.29 is 9.05 Å². The maximum absolute atomic E-state index is 6.16. The predicted octanol–water partition coefficient (Wildman–Crippen LogP) is 4.32. The van der Waals surface area contributed by atoms with Gasteiger partial charge in [-0.25, -0.2) is 0 Å². The lowest BCUT2D eigenvalue weighted by Crippen LogP contribution is -2.13. The highest BCUT2D eigenvalue weighted by Crippen LogP contribution is 2.49. The van der Waals surface area contributed by atoms with Gasteiger partial charge >= 0.3 is 0 Å². The van der Waals surface area contributed by atoms with Crippen LogP contribution in [0.2, 0.25) is 0 Å². The molecule has 2 saturated carbocycles. The van der Waals surface area contributed by atoms with Crippen LogP contribution < -0.4 is 5.30 Å². The molecule has 2 aliphatic rings. The SMILES string of the molecule is CCCCc1ccccc1P(OC1CC1)OC1CC1. The quantitative estimate of drug-likeness (QED) is 0.659. The lowest BCUT2D eigenvalue weighted by molar-refractivity contribution is 0.240. The third-order valence-corrected chi connectivity index (χ3v) is 5.34. The molecule has 0 heterocycles. The molecule has 0 bridgehead atoms. The fourth-order valence-electron chi connectivity index (χ4n) is 2.02. The molecule has 2 aliphatic carbocycles. The van der Waals surface area contributed by atoms with Crippen LogP contribution in [0.1, 0.15) is 51.0 Å². The van der Waals surface area contributed by atoms with Crippen LogP contribution in [0.4, 0.5) is 0 Å². The van der Waals surface area contributed by atoms with Gasteiger partial charge in [0.25, 0.3) is 0 Å². The Bertz CT molecular complexity index is 399. The molecule has 3 heteroatoms. The predicted molar refractivity (Wildman–Crippen MR) is 79.8 cm³/mol. The van der Waals surface area contributed by atoms with E-state index < -0.39 is 8.38 Å². The molecule has 0 aromatic heterocycles. The Labute approximate surface area is 117 Å². The smallest absolute Gasteiger partial charge is 0.205 e. The molecule has 3 rings (SSSR count). The molecule has 104 valence electrons. The molecule has 2 fully saturated rings. The highest BCUT2D eigenvalue weighted by Gasteiger charge is 2.34. The average Bonchev–Trinajstić information content (AvgIpc) is 3.31. The van der Waals surface area contributed by atoms with Crippen molar-refractivity contribution in [2.45, 2.75) is 64.1 Å². The molecule has 0 aliphatic heterocycles. The fraction of sp³-hybridized carbons (Fsp3) is 0.625. The Morgan fingerprint density at radius 1 is 1.05 bits per heavy atom. The molecule has 1 aromatic carbocycles. The van der Waals surface area contributed by atoms with Crippen LogP contribution >= 0.6 is 8.38 Å². The van der Waals surface area contributed by atoms with Crippen molar-refractivity contribution in [3.63, 3.8) is 0 Å². The molecular weight excluding hydrogens is 255 g/mol. The summed E-state index contributed by atoms with van der Waals surface area (Å²) < 4.78 is 12.3. The van der Waals surface area contributed by atoms with E-state index in [-0.39, 0.29) is 0 Å². The van der Waals surface area contributed by atoms with Crippen molar-refractivity contribution in [1.29, 1.82) is 0 Å². The van der Waals surface area contributed by atoms with Gasteiger partial charge in [-0.2, -0.15) is 0 Å². The van der Waals surface area contributed by atoms with Gasteiger partial charge in [-0.1, -0.05) is 31.5 Å². The van der Waals surface area contributed by atoms with E-state index in [4.69, 9.17) is 9.05 Å². The van der Waals surface area contributed by atoms with Gasteiger partial charge in [0.15, 0.2) is 0 Å². The summed E-state index contributed by atoms with van der Waals surface area (Å²) in [7, 11) is -0.847. The molecule has 0 unspecified atom stereocenters. The third-order valence-electron chi connectivity index (χ3n) is 3.53. The zero-order chi connectivity index (χ0) is 13.1. The summed E-state index contributed by atoms with van der Waals surface area (Å²) in [5.74, 6) is 0. The van der Waals surface area contributed by atoms with Crippen molar-refractivity contribution in [2.24, 2.45) is 0 Å². The van der Waals surface area contributed by atoms with Crippen LogP contribution in [0, 0.1) is 0 Å². The maximum Gasteiger partial charge on any atom is 0.205 e. The fourth-order valence-corrected chi connectivity index (χ4v) is 3.89. The van der Waals surface area contributed by atoms with Crippen LogP contribution in [0.15, 0.2) is 24.3 Å². The van der Waals surface area contributed by atoms with Crippen LogP contribution in [0.5, 0.6) is 0 Å². The first kappa shape index (κ1) is 13.5. The summed E-state index contributed by atoms with van der Waals surface area (Å²) in [6, 6.07) is 8.71. The summed E-state index contributed by atoms with van der Waals surface area (Å²) in [4.78, 5) is 0. The second-order valence-corrected chi connectivity index (χ2v) is 7.02. The summed E-state index contributed by atoms with van der Waals surface area (Å²) in [6.07, 6.45) is 9.40. The van der Waals surface area contributed by atoms with Gasteiger partial charge in [0.1, 0.15) is 0 Å². The van der Waals surface area contributed by atoms with E-state index in [1.54, 1.807) is 0 Å². The first-order chi connectivity index (χ1) is 9.36. The third kappa shape index (κ3) is 4.02. The Morgan fingerprint density at radius 3 is 2.26 bits per heavy atom. The van der Waals surface area contributed by atoms with E-state index >= 15 is 0 Å². The Hall–Kier alpha value is -0.430. The molecule has 1 aromatic rings. The largest absolute Gasteiger partial charge is 0.327 e. The number of aryl methyl sites for hydroxylation is 1. The minimum absolute atomic E-state index is 0.462. The molecule has 0 atom stereocenters. The maximum atomic E-state index is 6.16. The zero-order valence-corrected chi connectivity index (χ0v) is 12.6. The van der Waals surface area contributed by atoms with Crippen LogP contribution in [0.25, 0.3) is 0 Å². The van der Waals surface area contributed by atoms with Crippen LogP contribution in [-0.4, -0.2) is 12.2 Å². The number of benzene rings is 1. The second-order valence-electron chi connectivity index (χ2n) is 5.60. The van der Waals surface area contributed by atoms with Crippen molar-refractivity contribution in [3.8, 4) is 0 Å². The standard InChI is InChI=1S/C16H23O2P/c1-2-3-6-13-7-4-5-8-16(13)19(17-14-9-10-14)18-15-11-12-15/h4-5,7-8,14-15H,2-3,6,9-12H2,1H3. The topological polar surface area (TPSA) is 18.5 Å². The van der Waals surface area contributed by atoms with Gasteiger partial charge in [-0.05, 0) is 50.2 Å². The lowest BCUT2D eigenvalue weighted by Gasteiger charge is -2.20. The molecule has 0 radical (unpaired) electrons. The first-order valence-corrected chi connectivity index (χ1v) is 8.76. The van der Waals surface area contributed by atoms with Crippen LogP contribution in [-0.2, 0) is 15.5 Å². The molecular formula is C16H23O2P. The summed E-state index contributed by atoms with van der Waals surface area (Å²) in [5.41, 5.74) is 1.43. The van der Waals surface area contributed by atoms with E-state index in [9.17, 15) is 0 Å². The highest BCUT2D eigenvalue weighted by molar-refractivity contribution is 7.56. The van der Waals surface area contributed by atoms with Gasteiger partial charge in [0.05, 0.1) is 12.2 Å². The molecule has 0 amide bonds. The number of rotatable bonds is 8. The van der Waals surface area contributed by atoms with Gasteiger partial charge in [0.2, 0.25) is 8.38 Å². The van der Waals surface area contributed by atoms with E-state index in [0.29, 0.717) is 12.2 Å². The normalized spacial score (nSPS) is 19.1. The van der Waals surface area contributed by atoms with Crippen molar-refractivity contribution in [2.75, 3.05) is 0 Å². The van der Waals surface area contributed by atoms with Gasteiger partial charge in [0, 0.05) is 5.30 Å². The molecule has 0 saturated heterocycles. The first-order valence-electron chi connectivity index (χ1n) is 7.58.